The van der Waals surface area contributed by atoms with Gasteiger partial charge in [0, 0.05) is 25.8 Å². The number of rotatable bonds is 3. The van der Waals surface area contributed by atoms with Crippen LogP contribution in [0.25, 0.3) is 5.52 Å². The summed E-state index contributed by atoms with van der Waals surface area (Å²) in [6.07, 6.45) is 5.52. The summed E-state index contributed by atoms with van der Waals surface area (Å²) < 4.78 is 1.72. The Labute approximate surface area is 112 Å². The van der Waals surface area contributed by atoms with Crippen molar-refractivity contribution in [3.05, 3.63) is 36.2 Å². The Morgan fingerprint density at radius 2 is 2.32 bits per heavy atom. The molecule has 0 atom stereocenters. The van der Waals surface area contributed by atoms with Gasteiger partial charge in [0.2, 0.25) is 0 Å². The van der Waals surface area contributed by atoms with Crippen LogP contribution in [0.2, 0.25) is 0 Å². The van der Waals surface area contributed by atoms with Crippen molar-refractivity contribution in [2.45, 2.75) is 18.9 Å². The molecule has 2 aromatic rings. The average Bonchev–Trinajstić information content (AvgIpc) is 2.79. The second kappa shape index (κ2) is 4.66. The molecule has 0 bridgehead atoms. The van der Waals surface area contributed by atoms with E-state index in [0.29, 0.717) is 17.5 Å². The van der Waals surface area contributed by atoms with Crippen LogP contribution in [0.5, 0.6) is 0 Å². The molecule has 2 N–H and O–H groups in total. The maximum atomic E-state index is 12.4. The lowest BCUT2D eigenvalue weighted by Crippen LogP contribution is -2.43. The van der Waals surface area contributed by atoms with Crippen LogP contribution in [0.3, 0.4) is 0 Å². The van der Waals surface area contributed by atoms with E-state index in [1.54, 1.807) is 15.6 Å². The standard InChI is InChI=1S/C14H18N4O/c1-17(9-10-6-11(15)7-10)14(19)12-8-16-18-5-3-2-4-13(12)18/h2-5,8,10-11H,6-7,9,15H2,1H3. The van der Waals surface area contributed by atoms with Gasteiger partial charge in [0.25, 0.3) is 5.91 Å². The molecule has 0 radical (unpaired) electrons. The SMILES string of the molecule is CN(CC1CC(N)C1)C(=O)c1cnn2ccccc12. The van der Waals surface area contributed by atoms with Crippen molar-refractivity contribution in [2.75, 3.05) is 13.6 Å². The Bertz CT molecular complexity index is 600. The summed E-state index contributed by atoms with van der Waals surface area (Å²) in [6.45, 7) is 0.775. The third kappa shape index (κ3) is 2.21. The molecule has 1 fully saturated rings. The number of pyridine rings is 1. The molecule has 2 heterocycles. The molecule has 0 aliphatic heterocycles. The van der Waals surface area contributed by atoms with E-state index in [9.17, 15) is 4.79 Å². The van der Waals surface area contributed by atoms with Crippen molar-refractivity contribution < 1.29 is 4.79 Å². The number of carbonyl (C=O) groups excluding carboxylic acids is 1. The van der Waals surface area contributed by atoms with Gasteiger partial charge in [-0.05, 0) is 30.9 Å². The molecular weight excluding hydrogens is 240 g/mol. The van der Waals surface area contributed by atoms with Gasteiger partial charge in [-0.2, -0.15) is 5.10 Å². The first-order valence-electron chi connectivity index (χ1n) is 6.58. The molecule has 3 rings (SSSR count). The van der Waals surface area contributed by atoms with Gasteiger partial charge in [-0.25, -0.2) is 4.52 Å². The first kappa shape index (κ1) is 12.2. The minimum Gasteiger partial charge on any atom is -0.341 e. The molecular formula is C14H18N4O. The van der Waals surface area contributed by atoms with Gasteiger partial charge in [-0.3, -0.25) is 4.79 Å². The second-order valence-corrected chi connectivity index (χ2v) is 5.37. The number of hydrogen-bond acceptors (Lipinski definition) is 3. The van der Waals surface area contributed by atoms with Crippen LogP contribution < -0.4 is 5.73 Å². The first-order valence-corrected chi connectivity index (χ1v) is 6.58. The summed E-state index contributed by atoms with van der Waals surface area (Å²) in [5.74, 6) is 0.576. The number of nitrogens with zero attached hydrogens (tertiary/aromatic N) is 3. The third-order valence-corrected chi connectivity index (χ3v) is 3.81. The zero-order chi connectivity index (χ0) is 13.4. The molecule has 19 heavy (non-hydrogen) atoms. The molecule has 1 aliphatic rings. The number of hydrogen-bond donors (Lipinski definition) is 1. The van der Waals surface area contributed by atoms with Gasteiger partial charge < -0.3 is 10.6 Å². The van der Waals surface area contributed by atoms with Gasteiger partial charge in [-0.15, -0.1) is 0 Å². The van der Waals surface area contributed by atoms with Crippen LogP contribution in [0.15, 0.2) is 30.6 Å². The van der Waals surface area contributed by atoms with Crippen LogP contribution in [-0.4, -0.2) is 40.1 Å². The summed E-state index contributed by atoms with van der Waals surface area (Å²) in [5, 5.41) is 4.20. The molecule has 1 aliphatic carbocycles. The minimum atomic E-state index is 0.0293. The average molecular weight is 258 g/mol. The molecule has 5 nitrogen and oxygen atoms in total. The Kier molecular flexibility index (Phi) is 2.98. The molecule has 2 aromatic heterocycles. The lowest BCUT2D eigenvalue weighted by molar-refractivity contribution is 0.0736. The number of amides is 1. The van der Waals surface area contributed by atoms with E-state index in [-0.39, 0.29) is 5.91 Å². The minimum absolute atomic E-state index is 0.0293. The van der Waals surface area contributed by atoms with E-state index in [1.165, 1.54) is 0 Å². The van der Waals surface area contributed by atoms with E-state index in [1.807, 2.05) is 31.4 Å². The summed E-state index contributed by atoms with van der Waals surface area (Å²) >= 11 is 0. The Hall–Kier alpha value is -1.88. The number of fused-ring (bicyclic) bond motifs is 1. The molecule has 5 heteroatoms. The molecule has 1 amide bonds. The van der Waals surface area contributed by atoms with Crippen molar-refractivity contribution in [2.24, 2.45) is 11.7 Å². The highest BCUT2D eigenvalue weighted by molar-refractivity contribution is 6.00. The largest absolute Gasteiger partial charge is 0.341 e. The van der Waals surface area contributed by atoms with Crippen molar-refractivity contribution in [3.63, 3.8) is 0 Å². The van der Waals surface area contributed by atoms with Crippen LogP contribution in [-0.2, 0) is 0 Å². The maximum absolute atomic E-state index is 12.4. The second-order valence-electron chi connectivity index (χ2n) is 5.37. The Morgan fingerprint density at radius 3 is 3.05 bits per heavy atom. The predicted octanol–water partition coefficient (Wildman–Crippen LogP) is 1.14. The fraction of sp³-hybridized carbons (Fsp3) is 0.429. The van der Waals surface area contributed by atoms with Crippen LogP contribution in [0.4, 0.5) is 0 Å². The fourth-order valence-electron chi connectivity index (χ4n) is 2.71. The van der Waals surface area contributed by atoms with E-state index in [4.69, 9.17) is 5.73 Å². The summed E-state index contributed by atoms with van der Waals surface area (Å²) in [4.78, 5) is 14.2. The molecule has 1 saturated carbocycles. The number of aromatic nitrogens is 2. The Morgan fingerprint density at radius 1 is 1.53 bits per heavy atom. The van der Waals surface area contributed by atoms with Gasteiger partial charge in [-0.1, -0.05) is 6.07 Å². The lowest BCUT2D eigenvalue weighted by Gasteiger charge is -2.35. The van der Waals surface area contributed by atoms with Gasteiger partial charge in [0.15, 0.2) is 0 Å². The normalized spacial score (nSPS) is 22.2. The van der Waals surface area contributed by atoms with Crippen molar-refractivity contribution in [1.29, 1.82) is 0 Å². The van der Waals surface area contributed by atoms with Crippen molar-refractivity contribution in [1.82, 2.24) is 14.5 Å². The molecule has 0 saturated heterocycles. The van der Waals surface area contributed by atoms with Crippen molar-refractivity contribution >= 4 is 11.4 Å². The highest BCUT2D eigenvalue weighted by Gasteiger charge is 2.28. The zero-order valence-corrected chi connectivity index (χ0v) is 11.0. The maximum Gasteiger partial charge on any atom is 0.257 e. The number of nitrogens with two attached hydrogens (primary N) is 1. The van der Waals surface area contributed by atoms with E-state index in [0.717, 1.165) is 24.9 Å². The van der Waals surface area contributed by atoms with Crippen LogP contribution in [0.1, 0.15) is 23.2 Å². The summed E-state index contributed by atoms with van der Waals surface area (Å²) in [6, 6.07) is 6.05. The molecule has 100 valence electrons. The van der Waals surface area contributed by atoms with E-state index in [2.05, 4.69) is 5.10 Å². The van der Waals surface area contributed by atoms with E-state index >= 15 is 0 Å². The fourth-order valence-corrected chi connectivity index (χ4v) is 2.71. The monoisotopic (exact) mass is 258 g/mol. The molecule has 0 unspecified atom stereocenters. The van der Waals surface area contributed by atoms with E-state index < -0.39 is 0 Å². The van der Waals surface area contributed by atoms with Crippen LogP contribution >= 0.6 is 0 Å². The van der Waals surface area contributed by atoms with Gasteiger partial charge >= 0.3 is 0 Å². The topological polar surface area (TPSA) is 63.6 Å². The smallest absolute Gasteiger partial charge is 0.257 e. The summed E-state index contributed by atoms with van der Waals surface area (Å²) in [7, 11) is 1.85. The third-order valence-electron chi connectivity index (χ3n) is 3.81. The molecule has 0 spiro atoms. The highest BCUT2D eigenvalue weighted by atomic mass is 16.2. The Balaban J connectivity index is 1.75. The first-order chi connectivity index (χ1) is 9.15. The van der Waals surface area contributed by atoms with Crippen LogP contribution in [0, 0.1) is 5.92 Å². The lowest BCUT2D eigenvalue weighted by atomic mass is 9.80. The van der Waals surface area contributed by atoms with Gasteiger partial charge in [0.1, 0.15) is 0 Å². The van der Waals surface area contributed by atoms with Gasteiger partial charge in [0.05, 0.1) is 17.3 Å². The highest BCUT2D eigenvalue weighted by Crippen LogP contribution is 2.26. The predicted molar refractivity (Wildman–Crippen MR) is 72.9 cm³/mol. The van der Waals surface area contributed by atoms with Crippen molar-refractivity contribution in [3.8, 4) is 0 Å². The number of carbonyl (C=O) groups is 1. The molecule has 0 aromatic carbocycles. The zero-order valence-electron chi connectivity index (χ0n) is 11.0. The quantitative estimate of drug-likeness (QED) is 0.898. The summed E-state index contributed by atoms with van der Waals surface area (Å²) in [5.41, 5.74) is 7.28.